The zero-order valence-electron chi connectivity index (χ0n) is 14.7. The van der Waals surface area contributed by atoms with Gasteiger partial charge in [0.2, 0.25) is 5.95 Å². The fourth-order valence-electron chi connectivity index (χ4n) is 2.72. The molecule has 1 saturated heterocycles. The first-order valence-electron chi connectivity index (χ1n) is 8.71. The lowest BCUT2D eigenvalue weighted by Crippen LogP contribution is -2.49. The normalized spacial score (nSPS) is 15.8. The molecule has 0 bridgehead atoms. The van der Waals surface area contributed by atoms with Crippen LogP contribution in [0.15, 0.2) is 36.8 Å². The summed E-state index contributed by atoms with van der Waals surface area (Å²) < 4.78 is 0. The average molecular weight is 340 g/mol. The van der Waals surface area contributed by atoms with Crippen LogP contribution in [0.3, 0.4) is 0 Å². The van der Waals surface area contributed by atoms with Crippen molar-refractivity contribution < 1.29 is 4.79 Å². The average Bonchev–Trinajstić information content (AvgIpc) is 2.69. The number of hydrogen-bond donors (Lipinski definition) is 1. The van der Waals surface area contributed by atoms with Crippen molar-refractivity contribution in [3.8, 4) is 0 Å². The Hall–Kier alpha value is -2.70. The minimum atomic E-state index is -0.0243. The molecule has 2 aromatic rings. The van der Waals surface area contributed by atoms with Crippen LogP contribution in [0.25, 0.3) is 0 Å². The molecule has 3 heterocycles. The maximum absolute atomic E-state index is 12.6. The minimum Gasteiger partial charge on any atom is -0.381 e. The van der Waals surface area contributed by atoms with Gasteiger partial charge in [0.15, 0.2) is 0 Å². The Balaban J connectivity index is 1.57. The van der Waals surface area contributed by atoms with Gasteiger partial charge < -0.3 is 15.1 Å². The molecule has 1 amide bonds. The van der Waals surface area contributed by atoms with E-state index in [9.17, 15) is 4.79 Å². The fourth-order valence-corrected chi connectivity index (χ4v) is 2.72. The van der Waals surface area contributed by atoms with Crippen molar-refractivity contribution in [3.05, 3.63) is 42.5 Å². The minimum absolute atomic E-state index is 0.0243. The lowest BCUT2D eigenvalue weighted by atomic mass is 10.2. The standard InChI is InChI=1S/C18H24N6O/c1-3-14(2)22-15-5-6-16(21-13-15)17(25)23-9-11-24(12-10-23)18-19-7-4-8-20-18/h4-8,13-14,22H,3,9-12H2,1-2H3. The number of anilines is 2. The first-order valence-corrected chi connectivity index (χ1v) is 8.71. The zero-order valence-corrected chi connectivity index (χ0v) is 14.7. The molecule has 132 valence electrons. The third-order valence-corrected chi connectivity index (χ3v) is 4.41. The molecule has 1 atom stereocenters. The second-order valence-electron chi connectivity index (χ2n) is 6.21. The van der Waals surface area contributed by atoms with Gasteiger partial charge in [0.05, 0.1) is 11.9 Å². The largest absolute Gasteiger partial charge is 0.381 e. The van der Waals surface area contributed by atoms with Crippen LogP contribution in [0, 0.1) is 0 Å². The number of amides is 1. The van der Waals surface area contributed by atoms with Gasteiger partial charge in [0.1, 0.15) is 5.69 Å². The smallest absolute Gasteiger partial charge is 0.272 e. The topological polar surface area (TPSA) is 74.2 Å². The third kappa shape index (κ3) is 4.23. The van der Waals surface area contributed by atoms with Crippen LogP contribution in [0.4, 0.5) is 11.6 Å². The molecule has 0 spiro atoms. The lowest BCUT2D eigenvalue weighted by molar-refractivity contribution is 0.0740. The van der Waals surface area contributed by atoms with Gasteiger partial charge in [-0.1, -0.05) is 6.92 Å². The number of rotatable bonds is 5. The van der Waals surface area contributed by atoms with Crippen molar-refractivity contribution >= 4 is 17.5 Å². The van der Waals surface area contributed by atoms with E-state index in [4.69, 9.17) is 0 Å². The molecule has 0 saturated carbocycles. The van der Waals surface area contributed by atoms with E-state index < -0.39 is 0 Å². The lowest BCUT2D eigenvalue weighted by Gasteiger charge is -2.34. The highest BCUT2D eigenvalue weighted by Crippen LogP contribution is 2.14. The van der Waals surface area contributed by atoms with Gasteiger partial charge in [-0.15, -0.1) is 0 Å². The van der Waals surface area contributed by atoms with Crippen LogP contribution < -0.4 is 10.2 Å². The molecule has 1 unspecified atom stereocenters. The molecule has 25 heavy (non-hydrogen) atoms. The molecule has 1 fully saturated rings. The first-order chi connectivity index (χ1) is 12.2. The van der Waals surface area contributed by atoms with Crippen LogP contribution in [0.1, 0.15) is 30.8 Å². The second-order valence-corrected chi connectivity index (χ2v) is 6.21. The van der Waals surface area contributed by atoms with Gasteiger partial charge >= 0.3 is 0 Å². The Kier molecular flexibility index (Phi) is 5.42. The van der Waals surface area contributed by atoms with E-state index >= 15 is 0 Å². The van der Waals surface area contributed by atoms with Crippen molar-refractivity contribution in [2.24, 2.45) is 0 Å². The zero-order chi connectivity index (χ0) is 17.6. The summed E-state index contributed by atoms with van der Waals surface area (Å²) in [6, 6.07) is 5.89. The fraction of sp³-hybridized carbons (Fsp3) is 0.444. The van der Waals surface area contributed by atoms with Crippen LogP contribution in [0.2, 0.25) is 0 Å². The highest BCUT2D eigenvalue weighted by Gasteiger charge is 2.24. The van der Waals surface area contributed by atoms with Gasteiger partial charge in [0.25, 0.3) is 5.91 Å². The summed E-state index contributed by atoms with van der Waals surface area (Å²) in [5.74, 6) is 0.692. The van der Waals surface area contributed by atoms with Crippen molar-refractivity contribution in [2.45, 2.75) is 26.3 Å². The second kappa shape index (κ2) is 7.92. The Labute approximate surface area is 148 Å². The molecule has 3 rings (SSSR count). The maximum Gasteiger partial charge on any atom is 0.272 e. The Morgan fingerprint density at radius 3 is 2.48 bits per heavy atom. The van der Waals surface area contributed by atoms with E-state index in [0.717, 1.165) is 25.2 Å². The van der Waals surface area contributed by atoms with E-state index in [1.807, 2.05) is 11.0 Å². The van der Waals surface area contributed by atoms with Crippen molar-refractivity contribution in [1.29, 1.82) is 0 Å². The molecule has 0 radical (unpaired) electrons. The van der Waals surface area contributed by atoms with E-state index in [2.05, 4.69) is 39.0 Å². The molecule has 1 aliphatic rings. The Morgan fingerprint density at radius 2 is 1.88 bits per heavy atom. The van der Waals surface area contributed by atoms with Crippen molar-refractivity contribution in [3.63, 3.8) is 0 Å². The van der Waals surface area contributed by atoms with Gasteiger partial charge in [-0.05, 0) is 31.5 Å². The van der Waals surface area contributed by atoms with Crippen LogP contribution >= 0.6 is 0 Å². The van der Waals surface area contributed by atoms with Gasteiger partial charge in [0, 0.05) is 44.6 Å². The molecular formula is C18H24N6O. The highest BCUT2D eigenvalue weighted by molar-refractivity contribution is 5.92. The Bertz CT molecular complexity index is 682. The quantitative estimate of drug-likeness (QED) is 0.898. The Morgan fingerprint density at radius 1 is 1.16 bits per heavy atom. The molecule has 2 aromatic heterocycles. The van der Waals surface area contributed by atoms with Crippen molar-refractivity contribution in [1.82, 2.24) is 19.9 Å². The van der Waals surface area contributed by atoms with Crippen LogP contribution in [-0.2, 0) is 0 Å². The highest BCUT2D eigenvalue weighted by atomic mass is 16.2. The monoisotopic (exact) mass is 340 g/mol. The molecule has 1 N–H and O–H groups in total. The summed E-state index contributed by atoms with van der Waals surface area (Å²) in [6.07, 6.45) is 6.24. The van der Waals surface area contributed by atoms with E-state index in [1.165, 1.54) is 0 Å². The number of piperazine rings is 1. The third-order valence-electron chi connectivity index (χ3n) is 4.41. The number of carbonyl (C=O) groups excluding carboxylic acids is 1. The van der Waals surface area contributed by atoms with E-state index in [-0.39, 0.29) is 5.91 Å². The van der Waals surface area contributed by atoms with Gasteiger partial charge in [-0.3, -0.25) is 4.79 Å². The number of carbonyl (C=O) groups is 1. The molecule has 1 aliphatic heterocycles. The van der Waals surface area contributed by atoms with Crippen LogP contribution in [0.5, 0.6) is 0 Å². The summed E-state index contributed by atoms with van der Waals surface area (Å²) in [5.41, 5.74) is 1.43. The molecule has 7 nitrogen and oxygen atoms in total. The molecular weight excluding hydrogens is 316 g/mol. The number of hydrogen-bond acceptors (Lipinski definition) is 6. The SMILES string of the molecule is CCC(C)Nc1ccc(C(=O)N2CCN(c3ncccn3)CC2)nc1. The van der Waals surface area contributed by atoms with Crippen LogP contribution in [-0.4, -0.2) is 58.0 Å². The first kappa shape index (κ1) is 17.1. The predicted molar refractivity (Wildman–Crippen MR) is 97.8 cm³/mol. The molecule has 7 heteroatoms. The van der Waals surface area contributed by atoms with Gasteiger partial charge in [-0.2, -0.15) is 0 Å². The summed E-state index contributed by atoms with van der Waals surface area (Å²) in [4.78, 5) is 29.4. The van der Waals surface area contributed by atoms with E-state index in [0.29, 0.717) is 30.8 Å². The molecule has 0 aliphatic carbocycles. The number of nitrogens with one attached hydrogen (secondary N) is 1. The number of pyridine rings is 1. The maximum atomic E-state index is 12.6. The summed E-state index contributed by atoms with van der Waals surface area (Å²) in [6.45, 7) is 6.99. The number of aromatic nitrogens is 3. The van der Waals surface area contributed by atoms with Gasteiger partial charge in [-0.25, -0.2) is 15.0 Å². The molecule has 0 aromatic carbocycles. The summed E-state index contributed by atoms with van der Waals surface area (Å²) in [5, 5.41) is 3.35. The van der Waals surface area contributed by atoms with E-state index in [1.54, 1.807) is 30.7 Å². The predicted octanol–water partition coefficient (Wildman–Crippen LogP) is 2.04. The number of nitrogens with zero attached hydrogens (tertiary/aromatic N) is 5. The summed E-state index contributed by atoms with van der Waals surface area (Å²) in [7, 11) is 0. The van der Waals surface area contributed by atoms with Crippen molar-refractivity contribution in [2.75, 3.05) is 36.4 Å². The summed E-state index contributed by atoms with van der Waals surface area (Å²) >= 11 is 0.